The lowest BCUT2D eigenvalue weighted by Crippen LogP contribution is -2.19. The SMILES string of the molecule is N[C@H](c1ccc(C(F)(F)F)cc1)C(O)c1cccc(Cl)c1. The van der Waals surface area contributed by atoms with Gasteiger partial charge in [-0.15, -0.1) is 0 Å². The fourth-order valence-corrected chi connectivity index (χ4v) is 2.17. The van der Waals surface area contributed by atoms with E-state index in [9.17, 15) is 18.3 Å². The van der Waals surface area contributed by atoms with Crippen LogP contribution in [0.4, 0.5) is 13.2 Å². The number of nitrogens with two attached hydrogens (primary N) is 1. The van der Waals surface area contributed by atoms with Crippen molar-refractivity contribution in [1.29, 1.82) is 0 Å². The zero-order chi connectivity index (χ0) is 15.6. The molecule has 0 bridgehead atoms. The average molecular weight is 316 g/mol. The van der Waals surface area contributed by atoms with Crippen molar-refractivity contribution in [1.82, 2.24) is 0 Å². The van der Waals surface area contributed by atoms with Gasteiger partial charge in [-0.1, -0.05) is 35.9 Å². The van der Waals surface area contributed by atoms with Gasteiger partial charge in [0.2, 0.25) is 0 Å². The maximum atomic E-state index is 12.5. The molecule has 0 saturated heterocycles. The summed E-state index contributed by atoms with van der Waals surface area (Å²) in [5.74, 6) is 0. The normalized spacial score (nSPS) is 14.8. The fourth-order valence-electron chi connectivity index (χ4n) is 1.97. The van der Waals surface area contributed by atoms with E-state index < -0.39 is 23.9 Å². The highest BCUT2D eigenvalue weighted by Gasteiger charge is 2.30. The predicted molar refractivity (Wildman–Crippen MR) is 74.8 cm³/mol. The largest absolute Gasteiger partial charge is 0.416 e. The maximum absolute atomic E-state index is 12.5. The highest BCUT2D eigenvalue weighted by atomic mass is 35.5. The standard InChI is InChI=1S/C15H13ClF3NO/c16-12-3-1-2-10(8-12)14(21)13(20)9-4-6-11(7-5-9)15(17,18)19/h1-8,13-14,21H,20H2/t13-,14?/m1/s1. The smallest absolute Gasteiger partial charge is 0.386 e. The van der Waals surface area contributed by atoms with Crippen LogP contribution in [0.25, 0.3) is 0 Å². The lowest BCUT2D eigenvalue weighted by atomic mass is 9.96. The molecule has 2 rings (SSSR count). The molecule has 0 spiro atoms. The van der Waals surface area contributed by atoms with E-state index in [0.29, 0.717) is 16.1 Å². The molecular formula is C15H13ClF3NO. The summed E-state index contributed by atoms with van der Waals surface area (Å²) >= 11 is 5.83. The van der Waals surface area contributed by atoms with Gasteiger partial charge in [-0.25, -0.2) is 0 Å². The average Bonchev–Trinajstić information content (AvgIpc) is 2.45. The van der Waals surface area contributed by atoms with E-state index in [2.05, 4.69) is 0 Å². The Labute approximate surface area is 125 Å². The first kappa shape index (κ1) is 15.8. The number of aliphatic hydroxyl groups is 1. The topological polar surface area (TPSA) is 46.2 Å². The van der Waals surface area contributed by atoms with Gasteiger partial charge in [0.1, 0.15) is 0 Å². The molecule has 0 aliphatic rings. The van der Waals surface area contributed by atoms with Crippen LogP contribution in [0.3, 0.4) is 0 Å². The van der Waals surface area contributed by atoms with Crippen LogP contribution in [-0.2, 0) is 6.18 Å². The minimum atomic E-state index is -4.39. The molecule has 0 fully saturated rings. The summed E-state index contributed by atoms with van der Waals surface area (Å²) in [5, 5.41) is 10.6. The Balaban J connectivity index is 2.21. The maximum Gasteiger partial charge on any atom is 0.416 e. The number of rotatable bonds is 3. The van der Waals surface area contributed by atoms with Gasteiger partial charge in [-0.3, -0.25) is 0 Å². The molecule has 0 aliphatic heterocycles. The Bertz CT molecular complexity index is 613. The van der Waals surface area contributed by atoms with E-state index in [-0.39, 0.29) is 0 Å². The first-order valence-electron chi connectivity index (χ1n) is 6.15. The van der Waals surface area contributed by atoms with Gasteiger partial charge in [0, 0.05) is 5.02 Å². The number of aliphatic hydroxyl groups excluding tert-OH is 1. The van der Waals surface area contributed by atoms with Crippen LogP contribution in [0, 0.1) is 0 Å². The van der Waals surface area contributed by atoms with Crippen molar-refractivity contribution >= 4 is 11.6 Å². The number of hydrogen-bond donors (Lipinski definition) is 2. The van der Waals surface area contributed by atoms with Crippen LogP contribution in [0.1, 0.15) is 28.8 Å². The number of halogens is 4. The van der Waals surface area contributed by atoms with Crippen LogP contribution < -0.4 is 5.73 Å². The quantitative estimate of drug-likeness (QED) is 0.896. The second kappa shape index (κ2) is 6.05. The summed E-state index contributed by atoms with van der Waals surface area (Å²) in [6.45, 7) is 0. The molecule has 0 aromatic heterocycles. The molecule has 0 radical (unpaired) electrons. The molecule has 2 aromatic carbocycles. The summed E-state index contributed by atoms with van der Waals surface area (Å²) in [6.07, 6.45) is -5.45. The van der Waals surface area contributed by atoms with E-state index in [1.54, 1.807) is 24.3 Å². The minimum Gasteiger partial charge on any atom is -0.386 e. The molecule has 0 saturated carbocycles. The van der Waals surface area contributed by atoms with Gasteiger partial charge < -0.3 is 10.8 Å². The van der Waals surface area contributed by atoms with Gasteiger partial charge in [0.15, 0.2) is 0 Å². The lowest BCUT2D eigenvalue weighted by molar-refractivity contribution is -0.137. The molecule has 2 nitrogen and oxygen atoms in total. The molecule has 21 heavy (non-hydrogen) atoms. The van der Waals surface area contributed by atoms with Crippen molar-refractivity contribution in [3.63, 3.8) is 0 Å². The van der Waals surface area contributed by atoms with E-state index in [1.165, 1.54) is 12.1 Å². The third-order valence-corrected chi connectivity index (χ3v) is 3.39. The number of hydrogen-bond acceptors (Lipinski definition) is 2. The summed E-state index contributed by atoms with van der Waals surface area (Å²) in [4.78, 5) is 0. The number of alkyl halides is 3. The first-order chi connectivity index (χ1) is 9.79. The summed E-state index contributed by atoms with van der Waals surface area (Å²) in [7, 11) is 0. The van der Waals surface area contributed by atoms with Crippen LogP contribution in [0.5, 0.6) is 0 Å². The van der Waals surface area contributed by atoms with Crippen molar-refractivity contribution in [2.75, 3.05) is 0 Å². The van der Waals surface area contributed by atoms with Crippen LogP contribution in [-0.4, -0.2) is 5.11 Å². The molecule has 2 aromatic rings. The molecule has 0 amide bonds. The van der Waals surface area contributed by atoms with E-state index in [0.717, 1.165) is 12.1 Å². The Hall–Kier alpha value is -1.56. The van der Waals surface area contributed by atoms with Gasteiger partial charge >= 0.3 is 6.18 Å². The third-order valence-electron chi connectivity index (χ3n) is 3.15. The number of benzene rings is 2. The first-order valence-corrected chi connectivity index (χ1v) is 6.53. The monoisotopic (exact) mass is 315 g/mol. The molecular weight excluding hydrogens is 303 g/mol. The summed E-state index contributed by atoms with van der Waals surface area (Å²) in [6, 6.07) is 10.1. The third kappa shape index (κ3) is 3.75. The second-order valence-corrected chi connectivity index (χ2v) is 5.08. The highest BCUT2D eigenvalue weighted by Crippen LogP contribution is 2.32. The second-order valence-electron chi connectivity index (χ2n) is 4.65. The van der Waals surface area contributed by atoms with Crippen molar-refractivity contribution in [3.05, 3.63) is 70.2 Å². The Morgan fingerprint density at radius 1 is 1.00 bits per heavy atom. The fraction of sp³-hybridized carbons (Fsp3) is 0.200. The van der Waals surface area contributed by atoms with E-state index in [1.807, 2.05) is 0 Å². The minimum absolute atomic E-state index is 0.412. The molecule has 1 unspecified atom stereocenters. The molecule has 0 heterocycles. The molecule has 112 valence electrons. The molecule has 2 atom stereocenters. The Morgan fingerprint density at radius 3 is 2.14 bits per heavy atom. The van der Waals surface area contributed by atoms with Crippen molar-refractivity contribution in [3.8, 4) is 0 Å². The van der Waals surface area contributed by atoms with Gasteiger partial charge in [-0.2, -0.15) is 13.2 Å². The zero-order valence-electron chi connectivity index (χ0n) is 10.8. The lowest BCUT2D eigenvalue weighted by Gasteiger charge is -2.20. The molecule has 0 aliphatic carbocycles. The van der Waals surface area contributed by atoms with Crippen LogP contribution in [0.15, 0.2) is 48.5 Å². The van der Waals surface area contributed by atoms with Crippen molar-refractivity contribution in [2.24, 2.45) is 5.73 Å². The summed E-state index contributed by atoms with van der Waals surface area (Å²) in [5.41, 5.74) is 6.07. The van der Waals surface area contributed by atoms with Gasteiger partial charge in [0.25, 0.3) is 0 Å². The van der Waals surface area contributed by atoms with Crippen LogP contribution >= 0.6 is 11.6 Å². The Kier molecular flexibility index (Phi) is 4.56. The van der Waals surface area contributed by atoms with Crippen molar-refractivity contribution in [2.45, 2.75) is 18.3 Å². The molecule has 6 heteroatoms. The Morgan fingerprint density at radius 2 is 1.62 bits per heavy atom. The summed E-state index contributed by atoms with van der Waals surface area (Å²) < 4.78 is 37.5. The van der Waals surface area contributed by atoms with Crippen LogP contribution in [0.2, 0.25) is 5.02 Å². The molecule has 3 N–H and O–H groups in total. The van der Waals surface area contributed by atoms with Gasteiger partial charge in [-0.05, 0) is 35.4 Å². The van der Waals surface area contributed by atoms with E-state index in [4.69, 9.17) is 17.3 Å². The predicted octanol–water partition coefficient (Wildman–Crippen LogP) is 4.09. The van der Waals surface area contributed by atoms with Gasteiger partial charge in [0.05, 0.1) is 17.7 Å². The van der Waals surface area contributed by atoms with Crippen molar-refractivity contribution < 1.29 is 18.3 Å². The highest BCUT2D eigenvalue weighted by molar-refractivity contribution is 6.30. The zero-order valence-corrected chi connectivity index (χ0v) is 11.6. The van der Waals surface area contributed by atoms with E-state index >= 15 is 0 Å².